The maximum absolute atomic E-state index is 11.5. The SMILES string of the molecule is C=Cc1ccc(OC(=O)CC(C)(C)C)cc1. The molecule has 0 aliphatic carbocycles. The second kappa shape index (κ2) is 4.97. The number of hydrogen-bond donors (Lipinski definition) is 0. The van der Waals surface area contributed by atoms with Crippen molar-refractivity contribution in [1.82, 2.24) is 0 Å². The first kappa shape index (κ1) is 12.5. The molecule has 0 aliphatic heterocycles. The monoisotopic (exact) mass is 218 g/mol. The molecule has 0 heterocycles. The van der Waals surface area contributed by atoms with Crippen LogP contribution in [0.1, 0.15) is 32.8 Å². The molecule has 0 radical (unpaired) electrons. The van der Waals surface area contributed by atoms with Crippen molar-refractivity contribution >= 4 is 12.0 Å². The van der Waals surface area contributed by atoms with Crippen molar-refractivity contribution < 1.29 is 9.53 Å². The van der Waals surface area contributed by atoms with Gasteiger partial charge in [0.05, 0.1) is 6.42 Å². The fourth-order valence-corrected chi connectivity index (χ4v) is 1.27. The predicted molar refractivity (Wildman–Crippen MR) is 66.2 cm³/mol. The van der Waals surface area contributed by atoms with Crippen LogP contribution in [-0.4, -0.2) is 5.97 Å². The van der Waals surface area contributed by atoms with Crippen LogP contribution in [0.2, 0.25) is 0 Å². The molecule has 0 saturated heterocycles. The zero-order chi connectivity index (χ0) is 12.2. The van der Waals surface area contributed by atoms with Gasteiger partial charge in [-0.2, -0.15) is 0 Å². The van der Waals surface area contributed by atoms with Crippen molar-refractivity contribution in [3.8, 4) is 5.75 Å². The van der Waals surface area contributed by atoms with Gasteiger partial charge in [-0.3, -0.25) is 4.79 Å². The van der Waals surface area contributed by atoms with E-state index in [2.05, 4.69) is 6.58 Å². The summed E-state index contributed by atoms with van der Waals surface area (Å²) in [5, 5.41) is 0. The Balaban J connectivity index is 2.59. The lowest BCUT2D eigenvalue weighted by atomic mass is 9.92. The van der Waals surface area contributed by atoms with E-state index in [4.69, 9.17) is 4.74 Å². The first-order valence-electron chi connectivity index (χ1n) is 5.34. The third-order valence-electron chi connectivity index (χ3n) is 2.02. The standard InChI is InChI=1S/C14H18O2/c1-5-11-6-8-12(9-7-11)16-13(15)10-14(2,3)4/h5-9H,1,10H2,2-4H3. The number of hydrogen-bond acceptors (Lipinski definition) is 2. The zero-order valence-corrected chi connectivity index (χ0v) is 10.1. The van der Waals surface area contributed by atoms with E-state index in [-0.39, 0.29) is 11.4 Å². The highest BCUT2D eigenvalue weighted by Gasteiger charge is 2.17. The minimum absolute atomic E-state index is 0.0435. The molecule has 0 spiro atoms. The van der Waals surface area contributed by atoms with Crippen molar-refractivity contribution in [2.75, 3.05) is 0 Å². The van der Waals surface area contributed by atoms with Crippen LogP contribution in [-0.2, 0) is 4.79 Å². The number of carbonyl (C=O) groups is 1. The molecule has 1 aromatic carbocycles. The minimum atomic E-state index is -0.196. The van der Waals surface area contributed by atoms with Gasteiger partial charge in [0.15, 0.2) is 0 Å². The predicted octanol–water partition coefficient (Wildman–Crippen LogP) is 3.67. The molecule has 0 atom stereocenters. The Labute approximate surface area is 96.9 Å². The van der Waals surface area contributed by atoms with Crippen LogP contribution < -0.4 is 4.74 Å². The van der Waals surface area contributed by atoms with Crippen LogP contribution in [0.5, 0.6) is 5.75 Å². The molecule has 2 nitrogen and oxygen atoms in total. The van der Waals surface area contributed by atoms with Gasteiger partial charge < -0.3 is 4.74 Å². The Morgan fingerprint density at radius 2 is 1.88 bits per heavy atom. The van der Waals surface area contributed by atoms with Crippen LogP contribution in [0.15, 0.2) is 30.8 Å². The van der Waals surface area contributed by atoms with Crippen molar-refractivity contribution in [3.05, 3.63) is 36.4 Å². The smallest absolute Gasteiger partial charge is 0.311 e. The van der Waals surface area contributed by atoms with Gasteiger partial charge in [-0.15, -0.1) is 0 Å². The second-order valence-corrected chi connectivity index (χ2v) is 4.98. The van der Waals surface area contributed by atoms with E-state index < -0.39 is 0 Å². The molecule has 0 bridgehead atoms. The van der Waals surface area contributed by atoms with Crippen molar-refractivity contribution in [2.24, 2.45) is 5.41 Å². The van der Waals surface area contributed by atoms with Gasteiger partial charge >= 0.3 is 5.97 Å². The highest BCUT2D eigenvalue weighted by molar-refractivity contribution is 5.73. The van der Waals surface area contributed by atoms with E-state index in [1.807, 2.05) is 32.9 Å². The van der Waals surface area contributed by atoms with Gasteiger partial charge in [0, 0.05) is 0 Å². The maximum Gasteiger partial charge on any atom is 0.311 e. The van der Waals surface area contributed by atoms with Crippen LogP contribution in [0, 0.1) is 5.41 Å². The van der Waals surface area contributed by atoms with Crippen molar-refractivity contribution in [3.63, 3.8) is 0 Å². The molecular weight excluding hydrogens is 200 g/mol. The fraction of sp³-hybridized carbons (Fsp3) is 0.357. The molecule has 0 fully saturated rings. The minimum Gasteiger partial charge on any atom is -0.427 e. The van der Waals surface area contributed by atoms with Crippen LogP contribution in [0.3, 0.4) is 0 Å². The van der Waals surface area contributed by atoms with Gasteiger partial charge in [0.2, 0.25) is 0 Å². The molecule has 0 aliphatic rings. The van der Waals surface area contributed by atoms with Crippen molar-refractivity contribution in [2.45, 2.75) is 27.2 Å². The largest absolute Gasteiger partial charge is 0.427 e. The molecule has 0 unspecified atom stereocenters. The van der Waals surface area contributed by atoms with E-state index in [9.17, 15) is 4.79 Å². The Bertz CT molecular complexity index is 369. The number of rotatable bonds is 3. The maximum atomic E-state index is 11.5. The summed E-state index contributed by atoms with van der Waals surface area (Å²) in [4.78, 5) is 11.5. The van der Waals surface area contributed by atoms with Crippen LogP contribution in [0.25, 0.3) is 6.08 Å². The average Bonchev–Trinajstić information content (AvgIpc) is 2.16. The summed E-state index contributed by atoms with van der Waals surface area (Å²) in [5.41, 5.74) is 0.966. The topological polar surface area (TPSA) is 26.3 Å². The Morgan fingerprint density at radius 1 is 1.31 bits per heavy atom. The molecule has 1 aromatic rings. The second-order valence-electron chi connectivity index (χ2n) is 4.98. The first-order valence-corrected chi connectivity index (χ1v) is 5.34. The number of esters is 1. The third kappa shape index (κ3) is 4.30. The molecule has 0 N–H and O–H groups in total. The van der Waals surface area contributed by atoms with E-state index in [0.29, 0.717) is 12.2 Å². The summed E-state index contributed by atoms with van der Waals surface area (Å²) in [6, 6.07) is 7.29. The summed E-state index contributed by atoms with van der Waals surface area (Å²) in [7, 11) is 0. The first-order chi connectivity index (χ1) is 7.40. The number of carbonyl (C=O) groups excluding carboxylic acids is 1. The number of benzene rings is 1. The summed E-state index contributed by atoms with van der Waals surface area (Å²) in [6.07, 6.45) is 2.16. The summed E-state index contributed by atoms with van der Waals surface area (Å²) in [6.45, 7) is 9.69. The lowest BCUT2D eigenvalue weighted by Crippen LogP contribution is -2.17. The Kier molecular flexibility index (Phi) is 3.88. The molecule has 1 rings (SSSR count). The van der Waals surface area contributed by atoms with Crippen LogP contribution in [0.4, 0.5) is 0 Å². The van der Waals surface area contributed by atoms with Gasteiger partial charge in [0.1, 0.15) is 5.75 Å². The molecule has 16 heavy (non-hydrogen) atoms. The average molecular weight is 218 g/mol. The molecule has 2 heteroatoms. The fourth-order valence-electron chi connectivity index (χ4n) is 1.27. The highest BCUT2D eigenvalue weighted by atomic mass is 16.5. The molecule has 86 valence electrons. The van der Waals surface area contributed by atoms with Gasteiger partial charge in [-0.05, 0) is 23.1 Å². The van der Waals surface area contributed by atoms with E-state index in [0.717, 1.165) is 5.56 Å². The van der Waals surface area contributed by atoms with Crippen molar-refractivity contribution in [1.29, 1.82) is 0 Å². The molecule has 0 aromatic heterocycles. The third-order valence-corrected chi connectivity index (χ3v) is 2.02. The molecule has 0 amide bonds. The summed E-state index contributed by atoms with van der Waals surface area (Å²) >= 11 is 0. The van der Waals surface area contributed by atoms with Gasteiger partial charge in [-0.1, -0.05) is 45.6 Å². The Morgan fingerprint density at radius 3 is 2.31 bits per heavy atom. The molecule has 0 saturated carbocycles. The van der Waals surface area contributed by atoms with E-state index in [1.165, 1.54) is 0 Å². The molecular formula is C14H18O2. The van der Waals surface area contributed by atoms with Gasteiger partial charge in [-0.25, -0.2) is 0 Å². The van der Waals surface area contributed by atoms with Gasteiger partial charge in [0.25, 0.3) is 0 Å². The van der Waals surface area contributed by atoms with E-state index in [1.54, 1.807) is 18.2 Å². The summed E-state index contributed by atoms with van der Waals surface area (Å²) in [5.74, 6) is 0.388. The lowest BCUT2D eigenvalue weighted by Gasteiger charge is -2.16. The highest BCUT2D eigenvalue weighted by Crippen LogP contribution is 2.20. The normalized spacial score (nSPS) is 10.9. The summed E-state index contributed by atoms with van der Waals surface area (Å²) < 4.78 is 5.22. The van der Waals surface area contributed by atoms with Crippen LogP contribution >= 0.6 is 0 Å². The zero-order valence-electron chi connectivity index (χ0n) is 10.1. The Hall–Kier alpha value is -1.57. The number of ether oxygens (including phenoxy) is 1. The quantitative estimate of drug-likeness (QED) is 0.571. The lowest BCUT2D eigenvalue weighted by molar-refractivity contribution is -0.136. The van der Waals surface area contributed by atoms with E-state index >= 15 is 0 Å².